The number of amides is 6. The molecule has 84 heavy (non-hydrogen) atoms. The molecule has 2 aliphatic rings. The number of piperidine rings is 1. The number of nitrogens with one attached hydrogen (secondary N) is 5. The van der Waals surface area contributed by atoms with Gasteiger partial charge in [0.1, 0.15) is 28.7 Å². The van der Waals surface area contributed by atoms with Crippen LogP contribution in [0.5, 0.6) is 0 Å². The second-order valence-corrected chi connectivity index (χ2v) is 20.2. The van der Waals surface area contributed by atoms with Crippen LogP contribution >= 0.6 is 0 Å². The highest BCUT2D eigenvalue weighted by atomic mass is 32.2. The van der Waals surface area contributed by atoms with Crippen molar-refractivity contribution in [1.82, 2.24) is 20.5 Å². The minimum Gasteiger partial charge on any atom is -0.383 e. The van der Waals surface area contributed by atoms with E-state index in [1.54, 1.807) is 73.7 Å². The van der Waals surface area contributed by atoms with Gasteiger partial charge in [0.05, 0.1) is 117 Å². The summed E-state index contributed by atoms with van der Waals surface area (Å²) in [7, 11) is -1.84. The van der Waals surface area contributed by atoms with Gasteiger partial charge in [-0.25, -0.2) is 13.6 Å². The fourth-order valence-electron chi connectivity index (χ4n) is 8.82. The number of anilines is 4. The molecule has 1 aromatic heterocycles. The second kappa shape index (κ2) is 34.3. The van der Waals surface area contributed by atoms with Gasteiger partial charge in [0, 0.05) is 70.6 Å². The molecule has 25 heteroatoms. The number of nitrogen functional groups attached to an aromatic ring is 1. The monoisotopic (exact) mass is 1180 g/mol. The fourth-order valence-corrected chi connectivity index (χ4v) is 9.68. The molecular formula is C59H71FN8O15S. The van der Waals surface area contributed by atoms with E-state index in [0.717, 1.165) is 16.0 Å². The van der Waals surface area contributed by atoms with Gasteiger partial charge in [0.2, 0.25) is 24.1 Å². The van der Waals surface area contributed by atoms with Gasteiger partial charge in [-0.3, -0.25) is 39.0 Å². The normalized spacial score (nSPS) is 14.3. The third-order valence-corrected chi connectivity index (χ3v) is 14.3. The van der Waals surface area contributed by atoms with E-state index in [2.05, 4.69) is 31.0 Å². The van der Waals surface area contributed by atoms with E-state index >= 15 is 4.39 Å². The summed E-state index contributed by atoms with van der Waals surface area (Å²) in [6, 6.07) is 22.2. The van der Waals surface area contributed by atoms with Crippen LogP contribution in [0.3, 0.4) is 0 Å². The molecule has 450 valence electrons. The van der Waals surface area contributed by atoms with Crippen LogP contribution in [0.15, 0.2) is 96.0 Å². The fraction of sp³-hybridized carbons (Fsp3) is 0.407. The number of carbonyl (C=O) groups excluding carboxylic acids is 6. The van der Waals surface area contributed by atoms with E-state index in [1.807, 2.05) is 6.07 Å². The lowest BCUT2D eigenvalue weighted by atomic mass is 9.94. The number of nitrogens with two attached hydrogens (primary N) is 1. The Kier molecular flexibility index (Phi) is 26.1. The SMILES string of the molecule is Cc1c(NCCOCCOCCOCCOCCOCCOCCOCCOCCC(=O)Nc2cccc(NS(=O)c3ccc(-c4cnc(N)c(-c5ccc6c(c5)CCNC6=O)c4)c(F)c3)c2)cccc1C(=O)N(C=O)C1CCC(=O)NC1=O. The van der Waals surface area contributed by atoms with Crippen LogP contribution in [0.1, 0.15) is 51.1 Å². The summed E-state index contributed by atoms with van der Waals surface area (Å²) in [4.78, 5) is 79.0. The van der Waals surface area contributed by atoms with Crippen LogP contribution in [0, 0.1) is 12.7 Å². The van der Waals surface area contributed by atoms with Crippen molar-refractivity contribution in [3.8, 4) is 22.3 Å². The molecule has 0 bridgehead atoms. The van der Waals surface area contributed by atoms with Crippen molar-refractivity contribution in [2.75, 3.05) is 140 Å². The number of carbonyl (C=O) groups is 6. The van der Waals surface area contributed by atoms with E-state index in [9.17, 15) is 33.0 Å². The van der Waals surface area contributed by atoms with E-state index in [0.29, 0.717) is 164 Å². The van der Waals surface area contributed by atoms with Gasteiger partial charge in [-0.05, 0) is 91.1 Å². The smallest absolute Gasteiger partial charge is 0.261 e. The molecule has 0 radical (unpaired) electrons. The first-order valence-corrected chi connectivity index (χ1v) is 28.7. The standard InChI is InChI=1S/C59H71FN8O15S/c1-40-47(59(74)68(39-69)53-12-13-54(70)66-58(53)73)6-3-7-52(40)62-17-19-77-21-23-79-25-27-81-29-31-83-33-32-82-30-28-80-26-24-78-22-20-76-18-15-55(71)65-44-4-2-5-45(36-44)67-84(75)46-9-11-48(51(60)37-46)43-35-50(56(61)64-38-43)41-8-10-49-42(34-41)14-16-63-57(49)72/h2-11,34-39,53,62,67H,12-33H2,1H3,(H2,61,64)(H,63,72)(H,65,71)(H,66,70,73). The zero-order valence-corrected chi connectivity index (χ0v) is 47.6. The Bertz CT molecular complexity index is 3060. The topological polar surface area (TPSA) is 296 Å². The minimum absolute atomic E-state index is 0.0429. The van der Waals surface area contributed by atoms with Gasteiger partial charge >= 0.3 is 0 Å². The number of pyridine rings is 1. The Labute approximate surface area is 488 Å². The summed E-state index contributed by atoms with van der Waals surface area (Å²) in [6.45, 7) is 8.69. The zero-order valence-electron chi connectivity index (χ0n) is 46.8. The van der Waals surface area contributed by atoms with Crippen LogP contribution in [0.2, 0.25) is 0 Å². The average molecular weight is 1180 g/mol. The highest BCUT2D eigenvalue weighted by Gasteiger charge is 2.35. The van der Waals surface area contributed by atoms with Crippen LogP contribution < -0.4 is 31.7 Å². The van der Waals surface area contributed by atoms with Crippen molar-refractivity contribution in [3.05, 3.63) is 119 Å². The second-order valence-electron chi connectivity index (χ2n) is 19.0. The molecule has 2 unspecified atom stereocenters. The van der Waals surface area contributed by atoms with Crippen molar-refractivity contribution in [2.45, 2.75) is 43.5 Å². The molecule has 5 aromatic rings. The molecule has 3 heterocycles. The Balaban J connectivity index is 0.629. The number of rotatable bonds is 37. The molecule has 7 N–H and O–H groups in total. The Morgan fingerprint density at radius 3 is 1.95 bits per heavy atom. The molecule has 7 rings (SSSR count). The van der Waals surface area contributed by atoms with Gasteiger partial charge in [-0.1, -0.05) is 30.3 Å². The van der Waals surface area contributed by atoms with Gasteiger partial charge in [-0.2, -0.15) is 0 Å². The predicted octanol–water partition coefficient (Wildman–Crippen LogP) is 4.84. The summed E-state index contributed by atoms with van der Waals surface area (Å²) < 4.78 is 76.1. The van der Waals surface area contributed by atoms with Crippen LogP contribution in [0.25, 0.3) is 22.3 Å². The van der Waals surface area contributed by atoms with E-state index in [-0.39, 0.29) is 59.5 Å². The molecular weight excluding hydrogens is 1110 g/mol. The molecule has 2 aliphatic heterocycles. The Morgan fingerprint density at radius 1 is 0.714 bits per heavy atom. The first-order valence-electron chi connectivity index (χ1n) is 27.5. The van der Waals surface area contributed by atoms with Crippen LogP contribution in [0.4, 0.5) is 27.3 Å². The molecule has 6 amide bonds. The van der Waals surface area contributed by atoms with Crippen molar-refractivity contribution in [1.29, 1.82) is 0 Å². The third-order valence-electron chi connectivity index (χ3n) is 13.2. The quantitative estimate of drug-likeness (QED) is 0.0176. The number of nitrogens with zero attached hydrogens (tertiary/aromatic N) is 2. The lowest BCUT2D eigenvalue weighted by Gasteiger charge is -2.29. The molecule has 1 saturated heterocycles. The number of hydrogen-bond acceptors (Lipinski definition) is 18. The lowest BCUT2D eigenvalue weighted by molar-refractivity contribution is -0.139. The number of benzene rings is 4. The molecule has 0 aliphatic carbocycles. The Hall–Kier alpha value is -7.59. The summed E-state index contributed by atoms with van der Waals surface area (Å²) in [5, 5.41) is 11.0. The van der Waals surface area contributed by atoms with Gasteiger partial charge in [0.25, 0.3) is 11.8 Å². The summed E-state index contributed by atoms with van der Waals surface area (Å²) >= 11 is 0. The van der Waals surface area contributed by atoms with Crippen molar-refractivity contribution >= 4 is 69.8 Å². The molecule has 2 atom stereocenters. The number of halogens is 1. The van der Waals surface area contributed by atoms with Crippen LogP contribution in [-0.2, 0) is 74.5 Å². The minimum atomic E-state index is -1.84. The first kappa shape index (κ1) is 64.0. The lowest BCUT2D eigenvalue weighted by Crippen LogP contribution is -2.53. The summed E-state index contributed by atoms with van der Waals surface area (Å²) in [5.74, 6) is -2.47. The molecule has 0 spiro atoms. The molecule has 23 nitrogen and oxygen atoms in total. The highest BCUT2D eigenvalue weighted by Crippen LogP contribution is 2.33. The zero-order chi connectivity index (χ0) is 59.5. The van der Waals surface area contributed by atoms with E-state index in [1.165, 1.54) is 18.3 Å². The highest BCUT2D eigenvalue weighted by molar-refractivity contribution is 7.86. The molecule has 1 fully saturated rings. The maximum absolute atomic E-state index is 15.6. The van der Waals surface area contributed by atoms with Crippen LogP contribution in [-0.4, -0.2) is 175 Å². The maximum Gasteiger partial charge on any atom is 0.261 e. The first-order chi connectivity index (χ1) is 40.9. The third kappa shape index (κ3) is 19.8. The van der Waals surface area contributed by atoms with Gasteiger partial charge in [-0.15, -0.1) is 0 Å². The molecule has 4 aromatic carbocycles. The summed E-state index contributed by atoms with van der Waals surface area (Å²) in [6.07, 6.45) is 2.70. The summed E-state index contributed by atoms with van der Waals surface area (Å²) in [5.41, 5.74) is 12.3. The average Bonchev–Trinajstić information content (AvgIpc) is 2.53. The number of hydrogen-bond donors (Lipinski definition) is 6. The number of fused-ring (bicyclic) bond motifs is 1. The van der Waals surface area contributed by atoms with E-state index in [4.69, 9.17) is 43.6 Å². The number of aromatic nitrogens is 1. The van der Waals surface area contributed by atoms with Crippen molar-refractivity contribution in [2.24, 2.45) is 0 Å². The van der Waals surface area contributed by atoms with Gasteiger partial charge in [0.15, 0.2) is 0 Å². The largest absolute Gasteiger partial charge is 0.383 e. The predicted molar refractivity (Wildman–Crippen MR) is 310 cm³/mol. The maximum atomic E-state index is 15.6. The number of ether oxygens (including phenoxy) is 8. The van der Waals surface area contributed by atoms with E-state index < -0.39 is 40.6 Å². The van der Waals surface area contributed by atoms with Gasteiger partial charge < -0.3 is 64.3 Å². The van der Waals surface area contributed by atoms with Crippen molar-refractivity contribution < 1.29 is 75.3 Å². The van der Waals surface area contributed by atoms with Crippen molar-refractivity contribution in [3.63, 3.8) is 0 Å². The molecule has 0 saturated carbocycles. The Morgan fingerprint density at radius 2 is 1.32 bits per heavy atom. The number of imide groups is 2.